The highest BCUT2D eigenvalue weighted by molar-refractivity contribution is 8.07. The molecule has 0 N–H and O–H groups in total. The van der Waals surface area contributed by atoms with Crippen molar-refractivity contribution >= 4 is 18.5 Å². The van der Waals surface area contributed by atoms with Crippen LogP contribution in [0.2, 0.25) is 0 Å². The molecule has 0 aliphatic rings. The van der Waals surface area contributed by atoms with E-state index in [1.165, 1.54) is 17.3 Å². The molecule has 0 amide bonds. The summed E-state index contributed by atoms with van der Waals surface area (Å²) in [5.41, 5.74) is 0. The van der Waals surface area contributed by atoms with Gasteiger partial charge in [-0.2, -0.15) is 5.10 Å². The van der Waals surface area contributed by atoms with Crippen molar-refractivity contribution in [3.63, 3.8) is 0 Å². The third-order valence-electron chi connectivity index (χ3n) is 1.39. The molecule has 0 radical (unpaired) electrons. The highest BCUT2D eigenvalue weighted by Gasteiger charge is 2.19. The van der Waals surface area contributed by atoms with Crippen LogP contribution in [0.4, 0.5) is 0 Å². The van der Waals surface area contributed by atoms with Gasteiger partial charge in [0.15, 0.2) is 0 Å². The van der Waals surface area contributed by atoms with Gasteiger partial charge in [0.25, 0.3) is 0 Å². The van der Waals surface area contributed by atoms with E-state index < -0.39 is 6.72 Å². The molecule has 1 heterocycles. The van der Waals surface area contributed by atoms with Crippen LogP contribution in [0, 0.1) is 0 Å². The van der Waals surface area contributed by atoms with E-state index in [2.05, 4.69) is 10.1 Å². The Labute approximate surface area is 93.8 Å². The molecule has 0 atom stereocenters. The van der Waals surface area contributed by atoms with Crippen LogP contribution in [-0.2, 0) is 32.1 Å². The van der Waals surface area contributed by atoms with E-state index in [4.69, 9.17) is 25.4 Å². The van der Waals surface area contributed by atoms with Gasteiger partial charge >= 0.3 is 6.72 Å². The molecule has 86 valence electrons. The van der Waals surface area contributed by atoms with E-state index in [1.807, 2.05) is 13.8 Å². The molecule has 1 aromatic rings. The fourth-order valence-electron chi connectivity index (χ4n) is 0.857. The Morgan fingerprint density at radius 2 is 1.93 bits per heavy atom. The van der Waals surface area contributed by atoms with E-state index in [1.54, 1.807) is 0 Å². The molecular weight excluding hydrogens is 237 g/mol. The number of nitrogens with zero attached hydrogens (tertiary/aromatic N) is 3. The normalized spacial score (nSPS) is 11.9. The largest absolute Gasteiger partial charge is 0.328 e. The number of rotatable bonds is 7. The average Bonchev–Trinajstić information content (AvgIpc) is 2.68. The summed E-state index contributed by atoms with van der Waals surface area (Å²) in [5.74, 6) is 0. The topological polar surface area (TPSA) is 58.4 Å². The van der Waals surface area contributed by atoms with Gasteiger partial charge in [-0.3, -0.25) is 4.52 Å². The minimum atomic E-state index is -2.62. The average molecular weight is 251 g/mol. The standard InChI is InChI=1S/C7H14N3O3PS/c1-3-11-14(15,12-4-2)13-7-10-6-8-5-9-10/h5-6H,3-4,7H2,1-2H3. The maximum atomic E-state index is 5.40. The smallest absolute Gasteiger partial charge is 0.309 e. The van der Waals surface area contributed by atoms with Crippen LogP contribution in [0.3, 0.4) is 0 Å². The number of aromatic nitrogens is 3. The van der Waals surface area contributed by atoms with Crippen LogP contribution in [-0.4, -0.2) is 28.0 Å². The van der Waals surface area contributed by atoms with Crippen molar-refractivity contribution in [3.05, 3.63) is 12.7 Å². The molecule has 0 saturated heterocycles. The Balaban J connectivity index is 2.48. The summed E-state index contributed by atoms with van der Waals surface area (Å²) in [6.45, 7) is 2.20. The molecule has 8 heteroatoms. The molecule has 0 unspecified atom stereocenters. The second-order valence-corrected chi connectivity index (χ2v) is 5.49. The molecule has 0 saturated carbocycles. The Morgan fingerprint density at radius 1 is 1.27 bits per heavy atom. The van der Waals surface area contributed by atoms with Gasteiger partial charge in [-0.15, -0.1) is 0 Å². The lowest BCUT2D eigenvalue weighted by atomic mass is 10.9. The highest BCUT2D eigenvalue weighted by Crippen LogP contribution is 2.49. The zero-order valence-corrected chi connectivity index (χ0v) is 10.4. The molecule has 1 rings (SSSR count). The maximum Gasteiger partial charge on any atom is 0.328 e. The van der Waals surface area contributed by atoms with Crippen molar-refractivity contribution in [2.24, 2.45) is 0 Å². The molecule has 1 aromatic heterocycles. The lowest BCUT2D eigenvalue weighted by Crippen LogP contribution is -2.05. The Morgan fingerprint density at radius 3 is 2.40 bits per heavy atom. The van der Waals surface area contributed by atoms with E-state index in [0.29, 0.717) is 13.2 Å². The maximum absolute atomic E-state index is 5.40. The first kappa shape index (κ1) is 12.7. The van der Waals surface area contributed by atoms with E-state index in [0.717, 1.165) is 0 Å². The van der Waals surface area contributed by atoms with Crippen molar-refractivity contribution in [3.8, 4) is 0 Å². The van der Waals surface area contributed by atoms with Crippen LogP contribution < -0.4 is 0 Å². The Kier molecular flexibility index (Phi) is 5.35. The van der Waals surface area contributed by atoms with Gasteiger partial charge in [0.1, 0.15) is 19.4 Å². The molecule has 0 fully saturated rings. The lowest BCUT2D eigenvalue weighted by Gasteiger charge is -2.19. The van der Waals surface area contributed by atoms with Crippen molar-refractivity contribution in [2.45, 2.75) is 20.6 Å². The van der Waals surface area contributed by atoms with Crippen molar-refractivity contribution in [1.82, 2.24) is 14.8 Å². The fourth-order valence-corrected chi connectivity index (χ4v) is 2.75. The van der Waals surface area contributed by atoms with E-state index >= 15 is 0 Å². The first-order chi connectivity index (χ1) is 7.20. The lowest BCUT2D eigenvalue weighted by molar-refractivity contribution is 0.130. The first-order valence-electron chi connectivity index (χ1n) is 4.56. The van der Waals surface area contributed by atoms with Crippen molar-refractivity contribution in [1.29, 1.82) is 0 Å². The molecule has 0 aromatic carbocycles. The van der Waals surface area contributed by atoms with Gasteiger partial charge in [-0.25, -0.2) is 9.67 Å². The Hall–Kier alpha value is -0.330. The van der Waals surface area contributed by atoms with E-state index in [-0.39, 0.29) is 6.73 Å². The minimum Gasteiger partial charge on any atom is -0.309 e. The van der Waals surface area contributed by atoms with Gasteiger partial charge in [-0.05, 0) is 25.7 Å². The molecule has 15 heavy (non-hydrogen) atoms. The molecule has 0 aliphatic heterocycles. The third-order valence-corrected chi connectivity index (χ3v) is 3.92. The van der Waals surface area contributed by atoms with Crippen LogP contribution in [0.15, 0.2) is 12.7 Å². The predicted octanol–water partition coefficient (Wildman–Crippen LogP) is 1.55. The zero-order chi connectivity index (χ0) is 11.1. The fraction of sp³-hybridized carbons (Fsp3) is 0.714. The molecule has 0 bridgehead atoms. The minimum absolute atomic E-state index is 0.192. The van der Waals surface area contributed by atoms with Gasteiger partial charge in [0, 0.05) is 0 Å². The monoisotopic (exact) mass is 251 g/mol. The van der Waals surface area contributed by atoms with Gasteiger partial charge < -0.3 is 9.05 Å². The number of hydrogen-bond donors (Lipinski definition) is 0. The Bertz CT molecular complexity index is 309. The second-order valence-electron chi connectivity index (χ2n) is 2.48. The van der Waals surface area contributed by atoms with Crippen LogP contribution in [0.25, 0.3) is 0 Å². The molecule has 0 spiro atoms. The highest BCUT2D eigenvalue weighted by atomic mass is 32.5. The quantitative estimate of drug-likeness (QED) is 0.685. The molecule has 0 aliphatic carbocycles. The van der Waals surface area contributed by atoms with Crippen LogP contribution in [0.5, 0.6) is 0 Å². The van der Waals surface area contributed by atoms with Gasteiger partial charge in [-0.1, -0.05) is 0 Å². The summed E-state index contributed by atoms with van der Waals surface area (Å²) in [5, 5.41) is 3.88. The van der Waals surface area contributed by atoms with Crippen LogP contribution >= 0.6 is 6.72 Å². The number of hydrogen-bond acceptors (Lipinski definition) is 6. The predicted molar refractivity (Wildman–Crippen MR) is 58.6 cm³/mol. The summed E-state index contributed by atoms with van der Waals surface area (Å²) in [4.78, 5) is 3.78. The summed E-state index contributed by atoms with van der Waals surface area (Å²) < 4.78 is 17.5. The van der Waals surface area contributed by atoms with Gasteiger partial charge in [0.2, 0.25) is 0 Å². The van der Waals surface area contributed by atoms with Gasteiger partial charge in [0.05, 0.1) is 13.2 Å². The van der Waals surface area contributed by atoms with Crippen LogP contribution in [0.1, 0.15) is 13.8 Å². The summed E-state index contributed by atoms with van der Waals surface area (Å²) in [6, 6.07) is 0. The first-order valence-corrected chi connectivity index (χ1v) is 7.12. The summed E-state index contributed by atoms with van der Waals surface area (Å²) in [6.07, 6.45) is 2.96. The zero-order valence-electron chi connectivity index (χ0n) is 8.70. The summed E-state index contributed by atoms with van der Waals surface area (Å²) in [7, 11) is 0. The van der Waals surface area contributed by atoms with E-state index in [9.17, 15) is 0 Å². The second kappa shape index (κ2) is 6.30. The summed E-state index contributed by atoms with van der Waals surface area (Å²) >= 11 is 5.16. The van der Waals surface area contributed by atoms with Crippen molar-refractivity contribution < 1.29 is 13.6 Å². The third kappa shape index (κ3) is 4.36. The van der Waals surface area contributed by atoms with Crippen molar-refractivity contribution in [2.75, 3.05) is 13.2 Å². The molecule has 6 nitrogen and oxygen atoms in total. The SMILES string of the molecule is CCOP(=S)(OCC)OCn1cncn1. The molecular formula is C7H14N3O3PS.